The molecule has 6 nitrogen and oxygen atoms in total. The van der Waals surface area contributed by atoms with Crippen molar-refractivity contribution in [3.05, 3.63) is 0 Å². The lowest BCUT2D eigenvalue weighted by Crippen LogP contribution is -2.56. The van der Waals surface area contributed by atoms with E-state index in [0.717, 1.165) is 58.4 Å². The second kappa shape index (κ2) is 13.1. The van der Waals surface area contributed by atoms with Crippen LogP contribution in [0.1, 0.15) is 33.6 Å². The van der Waals surface area contributed by atoms with E-state index in [1.807, 2.05) is 7.05 Å². The van der Waals surface area contributed by atoms with Gasteiger partial charge in [-0.25, -0.2) is 0 Å². The third-order valence-electron chi connectivity index (χ3n) is 4.46. The number of nitrogens with one attached hydrogen (secondary N) is 2. The first-order valence-corrected chi connectivity index (χ1v) is 8.95. The smallest absolute Gasteiger partial charge is 0.191 e. The highest BCUT2D eigenvalue weighted by molar-refractivity contribution is 14.0. The molecule has 2 N–H and O–H groups in total. The quantitative estimate of drug-likeness (QED) is 0.315. The van der Waals surface area contributed by atoms with Gasteiger partial charge in [-0.3, -0.25) is 9.89 Å². The van der Waals surface area contributed by atoms with E-state index in [0.29, 0.717) is 0 Å². The van der Waals surface area contributed by atoms with Crippen molar-refractivity contribution in [2.45, 2.75) is 39.2 Å². The predicted molar refractivity (Wildman–Crippen MR) is 114 cm³/mol. The lowest BCUT2D eigenvalue weighted by molar-refractivity contribution is -0.00834. The Morgan fingerprint density at radius 2 is 1.88 bits per heavy atom. The standard InChI is InChI=1S/C17H37N5O.HI/c1-6-7-9-21(5)10-8-19-16(18-4)20-15-17(2,3)22-11-13-23-14-12-22;/h6-15H2,1-5H3,(H2,18,19,20);1H. The number of halogens is 1. The molecule has 0 aromatic heterocycles. The molecule has 0 bridgehead atoms. The van der Waals surface area contributed by atoms with Crippen LogP contribution in [0.3, 0.4) is 0 Å². The molecule has 0 aliphatic carbocycles. The Balaban J connectivity index is 0.00000529. The van der Waals surface area contributed by atoms with Gasteiger partial charge < -0.3 is 20.3 Å². The minimum atomic E-state index is 0. The molecule has 1 rings (SSSR count). The van der Waals surface area contributed by atoms with Gasteiger partial charge in [0.1, 0.15) is 0 Å². The number of morpholine rings is 1. The summed E-state index contributed by atoms with van der Waals surface area (Å²) in [4.78, 5) is 9.17. The van der Waals surface area contributed by atoms with E-state index in [-0.39, 0.29) is 29.5 Å². The molecule has 0 spiro atoms. The Kier molecular flexibility index (Phi) is 13.1. The minimum absolute atomic E-state index is 0. The van der Waals surface area contributed by atoms with Crippen LogP contribution in [0, 0.1) is 0 Å². The van der Waals surface area contributed by atoms with Gasteiger partial charge in [-0.2, -0.15) is 0 Å². The van der Waals surface area contributed by atoms with Gasteiger partial charge in [0.05, 0.1) is 13.2 Å². The zero-order chi connectivity index (χ0) is 17.1. The van der Waals surface area contributed by atoms with Crippen molar-refractivity contribution in [1.82, 2.24) is 20.4 Å². The average Bonchev–Trinajstić information content (AvgIpc) is 2.56. The van der Waals surface area contributed by atoms with Gasteiger partial charge in [-0.15, -0.1) is 24.0 Å². The summed E-state index contributed by atoms with van der Waals surface area (Å²) < 4.78 is 5.44. The Bertz CT molecular complexity index is 346. The van der Waals surface area contributed by atoms with E-state index in [4.69, 9.17) is 4.74 Å². The average molecular weight is 455 g/mol. The highest BCUT2D eigenvalue weighted by Gasteiger charge is 2.28. The van der Waals surface area contributed by atoms with E-state index >= 15 is 0 Å². The molecule has 0 aromatic carbocycles. The molecular formula is C17H38IN5O. The van der Waals surface area contributed by atoms with Gasteiger partial charge in [0.25, 0.3) is 0 Å². The first-order chi connectivity index (χ1) is 11.0. The van der Waals surface area contributed by atoms with E-state index in [2.05, 4.69) is 53.2 Å². The van der Waals surface area contributed by atoms with Crippen LogP contribution in [0.25, 0.3) is 0 Å². The molecule has 7 heteroatoms. The van der Waals surface area contributed by atoms with Crippen molar-refractivity contribution in [3.8, 4) is 0 Å². The SMILES string of the molecule is CCCCN(C)CCNC(=NC)NCC(C)(C)N1CCOCC1.I. The number of likely N-dealkylation sites (N-methyl/N-ethyl adjacent to an activating group) is 1. The van der Waals surface area contributed by atoms with Crippen molar-refractivity contribution in [3.63, 3.8) is 0 Å². The molecule has 1 aliphatic heterocycles. The predicted octanol–water partition coefficient (Wildman–Crippen LogP) is 1.61. The minimum Gasteiger partial charge on any atom is -0.379 e. The van der Waals surface area contributed by atoms with Crippen molar-refractivity contribution in [2.75, 3.05) is 66.6 Å². The summed E-state index contributed by atoms with van der Waals surface area (Å²) in [7, 11) is 4.01. The molecule has 0 unspecified atom stereocenters. The lowest BCUT2D eigenvalue weighted by atomic mass is 10.0. The van der Waals surface area contributed by atoms with Gasteiger partial charge in [0, 0.05) is 45.3 Å². The van der Waals surface area contributed by atoms with Crippen LogP contribution in [0.2, 0.25) is 0 Å². The molecule has 0 atom stereocenters. The van der Waals surface area contributed by atoms with Crippen molar-refractivity contribution in [1.29, 1.82) is 0 Å². The highest BCUT2D eigenvalue weighted by Crippen LogP contribution is 2.14. The second-order valence-electron chi connectivity index (χ2n) is 6.92. The number of ether oxygens (including phenoxy) is 1. The molecule has 0 saturated carbocycles. The van der Waals surface area contributed by atoms with Gasteiger partial charge >= 0.3 is 0 Å². The number of rotatable bonds is 9. The number of hydrogen-bond acceptors (Lipinski definition) is 4. The number of guanidine groups is 1. The number of aliphatic imine (C=N–C) groups is 1. The first kappa shape index (κ1) is 23.9. The Hall–Kier alpha value is -0.120. The fourth-order valence-electron chi connectivity index (χ4n) is 2.71. The second-order valence-corrected chi connectivity index (χ2v) is 6.92. The maximum Gasteiger partial charge on any atom is 0.191 e. The van der Waals surface area contributed by atoms with Crippen molar-refractivity contribution in [2.24, 2.45) is 4.99 Å². The third kappa shape index (κ3) is 9.39. The molecule has 1 aliphatic rings. The maximum atomic E-state index is 5.44. The van der Waals surface area contributed by atoms with E-state index in [1.54, 1.807) is 0 Å². The van der Waals surface area contributed by atoms with Crippen LogP contribution >= 0.6 is 24.0 Å². The number of nitrogens with zero attached hydrogens (tertiary/aromatic N) is 3. The summed E-state index contributed by atoms with van der Waals surface area (Å²) in [5.74, 6) is 0.884. The Morgan fingerprint density at radius 1 is 1.21 bits per heavy atom. The fourth-order valence-corrected chi connectivity index (χ4v) is 2.71. The molecule has 1 fully saturated rings. The van der Waals surface area contributed by atoms with Gasteiger partial charge in [0.15, 0.2) is 5.96 Å². The largest absolute Gasteiger partial charge is 0.379 e. The summed E-state index contributed by atoms with van der Waals surface area (Å²) >= 11 is 0. The molecule has 0 aromatic rings. The zero-order valence-electron chi connectivity index (χ0n) is 16.2. The summed E-state index contributed by atoms with van der Waals surface area (Å²) in [6.07, 6.45) is 2.51. The summed E-state index contributed by atoms with van der Waals surface area (Å²) in [5, 5.41) is 6.87. The number of unbranched alkanes of at least 4 members (excludes halogenated alkanes) is 1. The summed E-state index contributed by atoms with van der Waals surface area (Å²) in [5.41, 5.74) is 0.0965. The maximum absolute atomic E-state index is 5.44. The number of hydrogen-bond donors (Lipinski definition) is 2. The topological polar surface area (TPSA) is 52.1 Å². The molecule has 1 saturated heterocycles. The first-order valence-electron chi connectivity index (χ1n) is 8.95. The normalized spacial score (nSPS) is 16.8. The van der Waals surface area contributed by atoms with Crippen LogP contribution in [-0.2, 0) is 4.74 Å². The van der Waals surface area contributed by atoms with Gasteiger partial charge in [0.2, 0.25) is 0 Å². The summed E-state index contributed by atoms with van der Waals surface area (Å²) in [6.45, 7) is 14.4. The molecular weight excluding hydrogens is 417 g/mol. The van der Waals surface area contributed by atoms with Crippen LogP contribution in [0.15, 0.2) is 4.99 Å². The molecule has 144 valence electrons. The Labute approximate surface area is 165 Å². The van der Waals surface area contributed by atoms with Crippen molar-refractivity contribution >= 4 is 29.9 Å². The highest BCUT2D eigenvalue weighted by atomic mass is 127. The zero-order valence-corrected chi connectivity index (χ0v) is 18.6. The molecule has 1 heterocycles. The monoisotopic (exact) mass is 455 g/mol. The van der Waals surface area contributed by atoms with E-state index < -0.39 is 0 Å². The van der Waals surface area contributed by atoms with Gasteiger partial charge in [-0.05, 0) is 33.9 Å². The van der Waals surface area contributed by atoms with Crippen LogP contribution < -0.4 is 10.6 Å². The van der Waals surface area contributed by atoms with E-state index in [9.17, 15) is 0 Å². The third-order valence-corrected chi connectivity index (χ3v) is 4.46. The molecule has 0 amide bonds. The lowest BCUT2D eigenvalue weighted by Gasteiger charge is -2.41. The molecule has 0 radical (unpaired) electrons. The van der Waals surface area contributed by atoms with Crippen LogP contribution in [0.4, 0.5) is 0 Å². The van der Waals surface area contributed by atoms with E-state index in [1.165, 1.54) is 12.8 Å². The summed E-state index contributed by atoms with van der Waals surface area (Å²) in [6, 6.07) is 0. The van der Waals surface area contributed by atoms with Gasteiger partial charge in [-0.1, -0.05) is 13.3 Å². The van der Waals surface area contributed by atoms with Crippen molar-refractivity contribution < 1.29 is 4.74 Å². The van der Waals surface area contributed by atoms with Crippen LogP contribution in [0.5, 0.6) is 0 Å². The Morgan fingerprint density at radius 3 is 2.46 bits per heavy atom. The molecule has 24 heavy (non-hydrogen) atoms. The fraction of sp³-hybridized carbons (Fsp3) is 0.941. The van der Waals surface area contributed by atoms with Crippen LogP contribution in [-0.4, -0.2) is 87.9 Å².